The van der Waals surface area contributed by atoms with Crippen LogP contribution in [0.15, 0.2) is 54.7 Å². The Morgan fingerprint density at radius 3 is 2.62 bits per heavy atom. The van der Waals surface area contributed by atoms with Crippen LogP contribution in [-0.4, -0.2) is 34.8 Å². The summed E-state index contributed by atoms with van der Waals surface area (Å²) in [5.41, 5.74) is 2.23. The minimum Gasteiger partial charge on any atom is -0.361 e. The average molecular weight is 353 g/mol. The second-order valence-corrected chi connectivity index (χ2v) is 6.08. The van der Waals surface area contributed by atoms with Crippen LogP contribution in [0, 0.1) is 5.82 Å². The van der Waals surface area contributed by atoms with Crippen LogP contribution in [0.4, 0.5) is 10.1 Å². The van der Waals surface area contributed by atoms with Gasteiger partial charge in [0.1, 0.15) is 5.82 Å². The summed E-state index contributed by atoms with van der Waals surface area (Å²) >= 11 is 0. The lowest BCUT2D eigenvalue weighted by Gasteiger charge is -2.20. The predicted octanol–water partition coefficient (Wildman–Crippen LogP) is 3.34. The largest absolute Gasteiger partial charge is 0.361 e. The van der Waals surface area contributed by atoms with Gasteiger partial charge in [0.2, 0.25) is 11.8 Å². The Bertz CT molecular complexity index is 935. The lowest BCUT2D eigenvalue weighted by Crippen LogP contribution is -2.38. The van der Waals surface area contributed by atoms with Gasteiger partial charge in [-0.3, -0.25) is 9.59 Å². The molecule has 134 valence electrons. The van der Waals surface area contributed by atoms with E-state index in [9.17, 15) is 14.0 Å². The maximum atomic E-state index is 13.6. The number of fused-ring (bicyclic) bond motifs is 1. The topological polar surface area (TPSA) is 65.2 Å². The fraction of sp³-hybridized carbons (Fsp3) is 0.200. The van der Waals surface area contributed by atoms with Gasteiger partial charge in [-0.15, -0.1) is 0 Å². The summed E-state index contributed by atoms with van der Waals surface area (Å²) in [6, 6.07) is 13.9. The molecule has 0 saturated heterocycles. The first-order chi connectivity index (χ1) is 12.5. The fourth-order valence-corrected chi connectivity index (χ4v) is 2.87. The Hall–Kier alpha value is -3.15. The molecule has 2 amide bonds. The van der Waals surface area contributed by atoms with Gasteiger partial charge in [-0.05, 0) is 30.2 Å². The maximum absolute atomic E-state index is 13.6. The van der Waals surface area contributed by atoms with E-state index in [0.717, 1.165) is 16.5 Å². The molecule has 2 N–H and O–H groups in total. The van der Waals surface area contributed by atoms with Gasteiger partial charge in [-0.1, -0.05) is 30.3 Å². The number of aromatic amines is 1. The first-order valence-corrected chi connectivity index (χ1v) is 8.39. The normalized spacial score (nSPS) is 10.7. The van der Waals surface area contributed by atoms with E-state index in [1.54, 1.807) is 12.1 Å². The number of rotatable bonds is 6. The summed E-state index contributed by atoms with van der Waals surface area (Å²) in [5, 5.41) is 3.61. The third kappa shape index (κ3) is 4.08. The number of hydrogen-bond donors (Lipinski definition) is 2. The number of halogens is 1. The molecule has 0 spiro atoms. The molecular weight excluding hydrogens is 333 g/mol. The average Bonchev–Trinajstić information content (AvgIpc) is 3.03. The molecule has 1 aromatic heterocycles. The van der Waals surface area contributed by atoms with Crippen molar-refractivity contribution in [3.8, 4) is 0 Å². The van der Waals surface area contributed by atoms with Crippen LogP contribution >= 0.6 is 0 Å². The molecule has 0 unspecified atom stereocenters. The molecule has 0 bridgehead atoms. The molecule has 5 nitrogen and oxygen atoms in total. The minimum atomic E-state index is -0.506. The van der Waals surface area contributed by atoms with E-state index < -0.39 is 11.7 Å². The van der Waals surface area contributed by atoms with E-state index in [-0.39, 0.29) is 18.1 Å². The van der Waals surface area contributed by atoms with Gasteiger partial charge >= 0.3 is 0 Å². The van der Waals surface area contributed by atoms with Gasteiger partial charge in [0.05, 0.1) is 12.2 Å². The highest BCUT2D eigenvalue weighted by Crippen LogP contribution is 2.18. The summed E-state index contributed by atoms with van der Waals surface area (Å²) in [4.78, 5) is 28.7. The second-order valence-electron chi connectivity index (χ2n) is 6.08. The van der Waals surface area contributed by atoms with Crippen molar-refractivity contribution in [2.24, 2.45) is 0 Å². The van der Waals surface area contributed by atoms with E-state index in [1.807, 2.05) is 30.5 Å². The number of nitrogens with zero attached hydrogens (tertiary/aromatic N) is 1. The number of carbonyl (C=O) groups is 2. The van der Waals surface area contributed by atoms with Crippen molar-refractivity contribution in [3.05, 3.63) is 66.1 Å². The minimum absolute atomic E-state index is 0.109. The van der Waals surface area contributed by atoms with Crippen molar-refractivity contribution in [1.29, 1.82) is 0 Å². The standard InChI is InChI=1S/C20H20FN3O2/c1-14(25)24(13-20(26)23-19-9-5-3-7-17(19)21)11-10-15-12-22-18-8-4-2-6-16(15)18/h2-9,12,22H,10-11,13H2,1H3,(H,23,26). The van der Waals surface area contributed by atoms with Crippen LogP contribution in [0.3, 0.4) is 0 Å². The number of nitrogens with one attached hydrogen (secondary N) is 2. The van der Waals surface area contributed by atoms with Gasteiger partial charge in [0.25, 0.3) is 0 Å². The molecular formula is C20H20FN3O2. The molecule has 0 saturated carbocycles. The third-order valence-electron chi connectivity index (χ3n) is 4.25. The summed E-state index contributed by atoms with van der Waals surface area (Å²) in [5.74, 6) is -1.13. The summed E-state index contributed by atoms with van der Waals surface area (Å²) in [6.45, 7) is 1.71. The molecule has 1 heterocycles. The highest BCUT2D eigenvalue weighted by molar-refractivity contribution is 5.94. The maximum Gasteiger partial charge on any atom is 0.244 e. The van der Waals surface area contributed by atoms with Crippen LogP contribution in [0.1, 0.15) is 12.5 Å². The highest BCUT2D eigenvalue weighted by atomic mass is 19.1. The van der Waals surface area contributed by atoms with Crippen molar-refractivity contribution < 1.29 is 14.0 Å². The Morgan fingerprint density at radius 1 is 1.12 bits per heavy atom. The Balaban J connectivity index is 1.63. The van der Waals surface area contributed by atoms with E-state index in [0.29, 0.717) is 13.0 Å². The zero-order valence-electron chi connectivity index (χ0n) is 14.5. The Kier molecular flexibility index (Phi) is 5.31. The van der Waals surface area contributed by atoms with Crippen molar-refractivity contribution in [1.82, 2.24) is 9.88 Å². The molecule has 0 aliphatic carbocycles. The van der Waals surface area contributed by atoms with Crippen LogP contribution < -0.4 is 5.32 Å². The molecule has 3 rings (SSSR count). The molecule has 0 radical (unpaired) electrons. The zero-order chi connectivity index (χ0) is 18.5. The fourth-order valence-electron chi connectivity index (χ4n) is 2.87. The number of H-pyrrole nitrogens is 1. The van der Waals surface area contributed by atoms with Crippen LogP contribution in [0.25, 0.3) is 10.9 Å². The van der Waals surface area contributed by atoms with Crippen molar-refractivity contribution in [3.63, 3.8) is 0 Å². The van der Waals surface area contributed by atoms with Gasteiger partial charge in [0, 0.05) is 30.6 Å². The van der Waals surface area contributed by atoms with Crippen molar-refractivity contribution in [2.75, 3.05) is 18.4 Å². The SMILES string of the molecule is CC(=O)N(CCc1c[nH]c2ccccc12)CC(=O)Nc1ccccc1F. The predicted molar refractivity (Wildman–Crippen MR) is 99.3 cm³/mol. The number of amides is 2. The molecule has 3 aromatic rings. The quantitative estimate of drug-likeness (QED) is 0.714. The van der Waals surface area contributed by atoms with E-state index in [2.05, 4.69) is 10.3 Å². The molecule has 0 atom stereocenters. The lowest BCUT2D eigenvalue weighted by atomic mass is 10.1. The van der Waals surface area contributed by atoms with E-state index in [4.69, 9.17) is 0 Å². The number of hydrogen-bond acceptors (Lipinski definition) is 2. The van der Waals surface area contributed by atoms with E-state index >= 15 is 0 Å². The molecule has 26 heavy (non-hydrogen) atoms. The van der Waals surface area contributed by atoms with Gasteiger partial charge in [-0.25, -0.2) is 4.39 Å². The summed E-state index contributed by atoms with van der Waals surface area (Å²) in [6.07, 6.45) is 2.54. The van der Waals surface area contributed by atoms with Gasteiger partial charge in [-0.2, -0.15) is 0 Å². The third-order valence-corrected chi connectivity index (χ3v) is 4.25. The van der Waals surface area contributed by atoms with Gasteiger partial charge in [0.15, 0.2) is 0 Å². The molecule has 0 aliphatic rings. The second kappa shape index (κ2) is 7.82. The van der Waals surface area contributed by atoms with Gasteiger partial charge < -0.3 is 15.2 Å². The molecule has 2 aromatic carbocycles. The highest BCUT2D eigenvalue weighted by Gasteiger charge is 2.15. The smallest absolute Gasteiger partial charge is 0.244 e. The Labute approximate surface area is 150 Å². The molecule has 0 fully saturated rings. The number of aromatic nitrogens is 1. The van der Waals surface area contributed by atoms with Crippen LogP contribution in [0.5, 0.6) is 0 Å². The number of carbonyl (C=O) groups excluding carboxylic acids is 2. The van der Waals surface area contributed by atoms with Crippen LogP contribution in [0.2, 0.25) is 0 Å². The first-order valence-electron chi connectivity index (χ1n) is 8.39. The summed E-state index contributed by atoms with van der Waals surface area (Å²) in [7, 11) is 0. The summed E-state index contributed by atoms with van der Waals surface area (Å²) < 4.78 is 13.6. The number of benzene rings is 2. The zero-order valence-corrected chi connectivity index (χ0v) is 14.5. The van der Waals surface area contributed by atoms with Crippen molar-refractivity contribution >= 4 is 28.4 Å². The number of para-hydroxylation sites is 2. The number of anilines is 1. The lowest BCUT2D eigenvalue weighted by molar-refractivity contribution is -0.132. The first kappa shape index (κ1) is 17.7. The van der Waals surface area contributed by atoms with E-state index in [1.165, 1.54) is 24.0 Å². The van der Waals surface area contributed by atoms with Crippen molar-refractivity contribution in [2.45, 2.75) is 13.3 Å². The van der Waals surface area contributed by atoms with Crippen LogP contribution in [-0.2, 0) is 16.0 Å². The molecule has 6 heteroatoms. The Morgan fingerprint density at radius 2 is 1.85 bits per heavy atom. The monoisotopic (exact) mass is 353 g/mol. The molecule has 0 aliphatic heterocycles.